The highest BCUT2D eigenvalue weighted by Crippen LogP contribution is 2.20. The summed E-state index contributed by atoms with van der Waals surface area (Å²) in [6.07, 6.45) is 0.535. The summed E-state index contributed by atoms with van der Waals surface area (Å²) >= 11 is 0. The van der Waals surface area contributed by atoms with Crippen LogP contribution in [0.25, 0.3) is 11.3 Å². The summed E-state index contributed by atoms with van der Waals surface area (Å²) in [6, 6.07) is 21.2. The molecule has 0 bridgehead atoms. The number of hydrogen-bond donors (Lipinski definition) is 0. The number of methoxy groups -OCH3 is 1. The average molecular weight is 304 g/mol. The molecule has 0 unspecified atom stereocenters. The van der Waals surface area contributed by atoms with Crippen molar-refractivity contribution in [1.82, 2.24) is 10.2 Å². The van der Waals surface area contributed by atoms with Gasteiger partial charge >= 0.3 is 5.97 Å². The zero-order valence-corrected chi connectivity index (χ0v) is 12.8. The number of nitrogens with zero attached hydrogens (tertiary/aromatic N) is 2. The van der Waals surface area contributed by atoms with E-state index < -0.39 is 5.97 Å². The van der Waals surface area contributed by atoms with Crippen LogP contribution < -0.4 is 0 Å². The summed E-state index contributed by atoms with van der Waals surface area (Å²) in [5.74, 6) is -0.400. The third-order valence-corrected chi connectivity index (χ3v) is 3.56. The molecule has 0 N–H and O–H groups in total. The van der Waals surface area contributed by atoms with Crippen molar-refractivity contribution in [2.24, 2.45) is 0 Å². The molecule has 0 fully saturated rings. The van der Waals surface area contributed by atoms with Gasteiger partial charge in [-0.2, -0.15) is 10.2 Å². The van der Waals surface area contributed by atoms with Gasteiger partial charge in [-0.05, 0) is 11.6 Å². The number of ether oxygens (including phenoxy) is 1. The molecule has 1 heterocycles. The van der Waals surface area contributed by atoms with Crippen LogP contribution in [-0.4, -0.2) is 23.3 Å². The second kappa shape index (κ2) is 6.83. The van der Waals surface area contributed by atoms with Gasteiger partial charge in [-0.3, -0.25) is 0 Å². The lowest BCUT2D eigenvalue weighted by Crippen LogP contribution is -2.10. The molecule has 0 aliphatic carbocycles. The first-order chi connectivity index (χ1) is 11.3. The molecule has 0 saturated carbocycles. The van der Waals surface area contributed by atoms with Gasteiger partial charge in [-0.15, -0.1) is 0 Å². The number of esters is 1. The Kier molecular flexibility index (Phi) is 4.43. The van der Waals surface area contributed by atoms with Crippen molar-refractivity contribution in [2.75, 3.05) is 7.11 Å². The minimum absolute atomic E-state index is 0.400. The van der Waals surface area contributed by atoms with E-state index in [4.69, 9.17) is 4.74 Å². The molecule has 2 aromatic carbocycles. The van der Waals surface area contributed by atoms with Crippen LogP contribution in [0.3, 0.4) is 0 Å². The third kappa shape index (κ3) is 3.43. The molecule has 3 aromatic rings. The molecule has 0 saturated heterocycles. The van der Waals surface area contributed by atoms with Crippen LogP contribution in [0, 0.1) is 0 Å². The van der Waals surface area contributed by atoms with E-state index in [1.54, 1.807) is 6.07 Å². The van der Waals surface area contributed by atoms with Crippen LogP contribution >= 0.6 is 0 Å². The topological polar surface area (TPSA) is 52.1 Å². The van der Waals surface area contributed by atoms with Gasteiger partial charge in [0.2, 0.25) is 0 Å². The van der Waals surface area contributed by atoms with Gasteiger partial charge in [-0.25, -0.2) is 4.79 Å². The van der Waals surface area contributed by atoms with Crippen molar-refractivity contribution in [3.05, 3.63) is 83.6 Å². The molecular formula is C19H16N2O2. The van der Waals surface area contributed by atoms with E-state index in [-0.39, 0.29) is 0 Å². The first-order valence-corrected chi connectivity index (χ1v) is 7.32. The van der Waals surface area contributed by atoms with Gasteiger partial charge in [-0.1, -0.05) is 60.7 Å². The lowest BCUT2D eigenvalue weighted by molar-refractivity contribution is 0.0599. The summed E-state index contributed by atoms with van der Waals surface area (Å²) in [5.41, 5.74) is 3.70. The van der Waals surface area contributed by atoms with Crippen molar-refractivity contribution >= 4 is 5.97 Å². The van der Waals surface area contributed by atoms with Crippen LogP contribution in [0.2, 0.25) is 0 Å². The van der Waals surface area contributed by atoms with Gasteiger partial charge in [0, 0.05) is 12.0 Å². The fourth-order valence-corrected chi connectivity index (χ4v) is 2.37. The van der Waals surface area contributed by atoms with E-state index in [1.165, 1.54) is 7.11 Å². The molecule has 114 valence electrons. The highest BCUT2D eigenvalue weighted by atomic mass is 16.5. The van der Waals surface area contributed by atoms with Gasteiger partial charge in [0.1, 0.15) is 0 Å². The first kappa shape index (κ1) is 14.9. The fourth-order valence-electron chi connectivity index (χ4n) is 2.37. The van der Waals surface area contributed by atoms with Crippen molar-refractivity contribution in [2.45, 2.75) is 6.42 Å². The van der Waals surface area contributed by atoms with Crippen LogP contribution in [0.1, 0.15) is 21.6 Å². The van der Waals surface area contributed by atoms with E-state index in [1.807, 2.05) is 60.7 Å². The normalized spacial score (nSPS) is 10.3. The molecule has 0 amide bonds. The van der Waals surface area contributed by atoms with Gasteiger partial charge in [0.15, 0.2) is 0 Å². The predicted octanol–water partition coefficient (Wildman–Crippen LogP) is 3.52. The summed E-state index contributed by atoms with van der Waals surface area (Å²) in [4.78, 5) is 12.1. The number of benzene rings is 2. The quantitative estimate of drug-likeness (QED) is 0.692. The van der Waals surface area contributed by atoms with Crippen LogP contribution in [0.15, 0.2) is 66.7 Å². The maximum Gasteiger partial charge on any atom is 0.339 e. The van der Waals surface area contributed by atoms with E-state index in [0.29, 0.717) is 23.4 Å². The molecular weight excluding hydrogens is 288 g/mol. The Morgan fingerprint density at radius 3 is 2.26 bits per heavy atom. The Morgan fingerprint density at radius 1 is 0.957 bits per heavy atom. The molecule has 23 heavy (non-hydrogen) atoms. The van der Waals surface area contributed by atoms with Crippen molar-refractivity contribution in [3.63, 3.8) is 0 Å². The SMILES string of the molecule is COC(=O)c1cc(-c2ccccc2)nnc1Cc1ccccc1. The van der Waals surface area contributed by atoms with E-state index in [2.05, 4.69) is 10.2 Å². The largest absolute Gasteiger partial charge is 0.465 e. The summed E-state index contributed by atoms with van der Waals surface area (Å²) in [7, 11) is 1.37. The molecule has 0 aliphatic heterocycles. The smallest absolute Gasteiger partial charge is 0.339 e. The Labute approximate surface area is 134 Å². The highest BCUT2D eigenvalue weighted by molar-refractivity contribution is 5.91. The minimum atomic E-state index is -0.400. The second-order valence-corrected chi connectivity index (χ2v) is 5.11. The third-order valence-electron chi connectivity index (χ3n) is 3.56. The van der Waals surface area contributed by atoms with Crippen molar-refractivity contribution in [1.29, 1.82) is 0 Å². The Bertz CT molecular complexity index is 802. The molecule has 4 heteroatoms. The van der Waals surface area contributed by atoms with Gasteiger partial charge in [0.05, 0.1) is 24.1 Å². The summed E-state index contributed by atoms with van der Waals surface area (Å²) in [5, 5.41) is 8.53. The molecule has 0 aliphatic rings. The maximum absolute atomic E-state index is 12.1. The Hall–Kier alpha value is -3.01. The molecule has 3 rings (SSSR count). The number of carbonyl (C=O) groups excluding carboxylic acids is 1. The number of aromatic nitrogens is 2. The summed E-state index contributed by atoms with van der Waals surface area (Å²) < 4.78 is 4.90. The molecule has 4 nitrogen and oxygen atoms in total. The molecule has 0 spiro atoms. The van der Waals surface area contributed by atoms with E-state index >= 15 is 0 Å². The van der Waals surface area contributed by atoms with Crippen molar-refractivity contribution < 1.29 is 9.53 Å². The second-order valence-electron chi connectivity index (χ2n) is 5.11. The van der Waals surface area contributed by atoms with Crippen LogP contribution in [0.5, 0.6) is 0 Å². The number of hydrogen-bond acceptors (Lipinski definition) is 4. The monoisotopic (exact) mass is 304 g/mol. The average Bonchev–Trinajstić information content (AvgIpc) is 2.63. The fraction of sp³-hybridized carbons (Fsp3) is 0.105. The van der Waals surface area contributed by atoms with Crippen molar-refractivity contribution in [3.8, 4) is 11.3 Å². The zero-order valence-electron chi connectivity index (χ0n) is 12.8. The Morgan fingerprint density at radius 2 is 1.61 bits per heavy atom. The van der Waals surface area contributed by atoms with Crippen LogP contribution in [0.4, 0.5) is 0 Å². The predicted molar refractivity (Wildman–Crippen MR) is 88.1 cm³/mol. The van der Waals surface area contributed by atoms with Gasteiger partial charge < -0.3 is 4.74 Å². The minimum Gasteiger partial charge on any atom is -0.465 e. The molecule has 1 aromatic heterocycles. The zero-order chi connectivity index (χ0) is 16.1. The molecule has 0 atom stereocenters. The standard InChI is InChI=1S/C19H16N2O2/c1-23-19(22)16-13-17(15-10-6-3-7-11-15)20-21-18(16)12-14-8-4-2-5-9-14/h2-11,13H,12H2,1H3. The number of carbonyl (C=O) groups is 1. The van der Waals surface area contributed by atoms with E-state index in [0.717, 1.165) is 11.1 Å². The molecule has 0 radical (unpaired) electrons. The van der Waals surface area contributed by atoms with Gasteiger partial charge in [0.25, 0.3) is 0 Å². The lowest BCUT2D eigenvalue weighted by Gasteiger charge is -2.09. The summed E-state index contributed by atoms with van der Waals surface area (Å²) in [6.45, 7) is 0. The lowest BCUT2D eigenvalue weighted by atomic mass is 10.0. The van der Waals surface area contributed by atoms with Crippen LogP contribution in [-0.2, 0) is 11.2 Å². The first-order valence-electron chi connectivity index (χ1n) is 7.32. The number of rotatable bonds is 4. The van der Waals surface area contributed by atoms with E-state index in [9.17, 15) is 4.79 Å². The Balaban J connectivity index is 2.01. The highest BCUT2D eigenvalue weighted by Gasteiger charge is 2.16. The maximum atomic E-state index is 12.1.